The van der Waals surface area contributed by atoms with Crippen molar-refractivity contribution in [3.8, 4) is 5.95 Å². The molecule has 102 valence electrons. The lowest BCUT2D eigenvalue weighted by Crippen LogP contribution is -2.34. The zero-order chi connectivity index (χ0) is 13.9. The van der Waals surface area contributed by atoms with E-state index in [0.29, 0.717) is 11.9 Å². The van der Waals surface area contributed by atoms with Crippen molar-refractivity contribution in [3.63, 3.8) is 0 Å². The van der Waals surface area contributed by atoms with E-state index < -0.39 is 0 Å². The highest BCUT2D eigenvalue weighted by Gasteiger charge is 2.21. The highest BCUT2D eigenvalue weighted by Crippen LogP contribution is 2.19. The van der Waals surface area contributed by atoms with Gasteiger partial charge in [-0.05, 0) is 19.8 Å². The van der Waals surface area contributed by atoms with Crippen LogP contribution < -0.4 is 11.1 Å². The summed E-state index contributed by atoms with van der Waals surface area (Å²) >= 11 is 0. The number of rotatable bonds is 5. The number of imidazole rings is 1. The molecule has 2 aromatic rings. The minimum absolute atomic E-state index is 0.0556. The van der Waals surface area contributed by atoms with Crippen molar-refractivity contribution in [1.29, 1.82) is 0 Å². The second kappa shape index (κ2) is 5.21. The lowest BCUT2D eigenvalue weighted by molar-refractivity contribution is 0.474. The topological polar surface area (TPSA) is 94.5 Å². The van der Waals surface area contributed by atoms with Crippen LogP contribution in [0.1, 0.15) is 33.6 Å². The molecule has 2 heterocycles. The molecule has 0 aliphatic rings. The van der Waals surface area contributed by atoms with Crippen LogP contribution in [0.5, 0.6) is 0 Å². The number of aromatic nitrogens is 5. The summed E-state index contributed by atoms with van der Waals surface area (Å²) in [5, 5.41) is 3.32. The summed E-state index contributed by atoms with van der Waals surface area (Å²) < 4.78 is 1.69. The average molecular weight is 261 g/mol. The molecule has 2 aromatic heterocycles. The second-order valence-electron chi connectivity index (χ2n) is 4.68. The fourth-order valence-corrected chi connectivity index (χ4v) is 1.63. The van der Waals surface area contributed by atoms with Gasteiger partial charge in [-0.3, -0.25) is 4.57 Å². The van der Waals surface area contributed by atoms with Gasteiger partial charge >= 0.3 is 0 Å². The number of nitrogen functional groups attached to an aromatic ring is 1. The molecule has 0 atom stereocenters. The molecule has 0 radical (unpaired) electrons. The molecule has 0 aromatic carbocycles. The summed E-state index contributed by atoms with van der Waals surface area (Å²) in [6.07, 6.45) is 6.98. The van der Waals surface area contributed by atoms with Gasteiger partial charge in [0.2, 0.25) is 17.8 Å². The van der Waals surface area contributed by atoms with Gasteiger partial charge in [0.15, 0.2) is 0 Å². The standard InChI is InChI=1S/C12H19N7/c1-4-12(3,5-2)18-10-15-9(13)16-11(17-10)19-7-6-14-8-19/h6-8H,4-5H2,1-3H3,(H3,13,15,16,17,18). The molecule has 0 spiro atoms. The Labute approximate surface area is 112 Å². The van der Waals surface area contributed by atoms with E-state index in [4.69, 9.17) is 5.73 Å². The van der Waals surface area contributed by atoms with Crippen molar-refractivity contribution in [2.24, 2.45) is 0 Å². The molecule has 0 aliphatic heterocycles. The van der Waals surface area contributed by atoms with Crippen molar-refractivity contribution >= 4 is 11.9 Å². The van der Waals surface area contributed by atoms with Crippen LogP contribution in [0.15, 0.2) is 18.7 Å². The van der Waals surface area contributed by atoms with Crippen LogP contribution in [0, 0.1) is 0 Å². The van der Waals surface area contributed by atoms with Crippen molar-refractivity contribution in [3.05, 3.63) is 18.7 Å². The van der Waals surface area contributed by atoms with Crippen LogP contribution in [0.4, 0.5) is 11.9 Å². The third kappa shape index (κ3) is 2.98. The van der Waals surface area contributed by atoms with E-state index in [1.165, 1.54) is 0 Å². The Bertz CT molecular complexity index is 531. The summed E-state index contributed by atoms with van der Waals surface area (Å²) in [6.45, 7) is 6.37. The van der Waals surface area contributed by atoms with Gasteiger partial charge in [0.1, 0.15) is 6.33 Å². The van der Waals surface area contributed by atoms with Gasteiger partial charge in [0.05, 0.1) is 0 Å². The molecule has 0 bridgehead atoms. The van der Waals surface area contributed by atoms with Crippen molar-refractivity contribution in [1.82, 2.24) is 24.5 Å². The first kappa shape index (κ1) is 13.3. The van der Waals surface area contributed by atoms with Gasteiger partial charge in [-0.15, -0.1) is 0 Å². The van der Waals surface area contributed by atoms with Gasteiger partial charge in [0.25, 0.3) is 0 Å². The first-order chi connectivity index (χ1) is 9.06. The summed E-state index contributed by atoms with van der Waals surface area (Å²) in [6, 6.07) is 0. The lowest BCUT2D eigenvalue weighted by Gasteiger charge is -2.28. The average Bonchev–Trinajstić information content (AvgIpc) is 2.92. The minimum atomic E-state index is -0.0556. The molecule has 0 fully saturated rings. The fourth-order valence-electron chi connectivity index (χ4n) is 1.63. The predicted molar refractivity (Wildman–Crippen MR) is 74.0 cm³/mol. The Morgan fingerprint density at radius 3 is 2.58 bits per heavy atom. The van der Waals surface area contributed by atoms with Crippen molar-refractivity contribution < 1.29 is 0 Å². The van der Waals surface area contributed by atoms with E-state index >= 15 is 0 Å². The van der Waals surface area contributed by atoms with Gasteiger partial charge in [0, 0.05) is 17.9 Å². The van der Waals surface area contributed by atoms with Crippen LogP contribution in [0.25, 0.3) is 5.95 Å². The molecule has 0 amide bonds. The molecule has 0 unspecified atom stereocenters. The van der Waals surface area contributed by atoms with Crippen LogP contribution >= 0.6 is 0 Å². The minimum Gasteiger partial charge on any atom is -0.368 e. The van der Waals surface area contributed by atoms with Crippen LogP contribution in [0.2, 0.25) is 0 Å². The SMILES string of the molecule is CCC(C)(CC)Nc1nc(N)nc(-n2ccnc2)n1. The van der Waals surface area contributed by atoms with E-state index in [-0.39, 0.29) is 11.5 Å². The Hall–Kier alpha value is -2.18. The number of anilines is 2. The normalized spacial score (nSPS) is 11.5. The third-order valence-electron chi connectivity index (χ3n) is 3.35. The fraction of sp³-hybridized carbons (Fsp3) is 0.500. The maximum atomic E-state index is 5.73. The zero-order valence-electron chi connectivity index (χ0n) is 11.5. The quantitative estimate of drug-likeness (QED) is 0.849. The number of hydrogen-bond acceptors (Lipinski definition) is 6. The van der Waals surface area contributed by atoms with E-state index in [1.807, 2.05) is 0 Å². The predicted octanol–water partition coefficient (Wildman–Crippen LogP) is 1.63. The number of nitrogens with zero attached hydrogens (tertiary/aromatic N) is 5. The first-order valence-corrected chi connectivity index (χ1v) is 6.34. The highest BCUT2D eigenvalue weighted by molar-refractivity contribution is 5.37. The van der Waals surface area contributed by atoms with Gasteiger partial charge in [-0.25, -0.2) is 4.98 Å². The molecule has 0 aliphatic carbocycles. The van der Waals surface area contributed by atoms with E-state index in [9.17, 15) is 0 Å². The van der Waals surface area contributed by atoms with Gasteiger partial charge in [-0.1, -0.05) is 13.8 Å². The Balaban J connectivity index is 2.32. The van der Waals surface area contributed by atoms with Crippen molar-refractivity contribution in [2.45, 2.75) is 39.2 Å². The first-order valence-electron chi connectivity index (χ1n) is 6.34. The third-order valence-corrected chi connectivity index (χ3v) is 3.35. The molecule has 7 nitrogen and oxygen atoms in total. The molecule has 0 saturated heterocycles. The van der Waals surface area contributed by atoms with Gasteiger partial charge < -0.3 is 11.1 Å². The maximum absolute atomic E-state index is 5.73. The zero-order valence-corrected chi connectivity index (χ0v) is 11.5. The number of hydrogen-bond donors (Lipinski definition) is 2. The smallest absolute Gasteiger partial charge is 0.241 e. The summed E-state index contributed by atoms with van der Waals surface area (Å²) in [4.78, 5) is 16.6. The number of nitrogens with one attached hydrogen (secondary N) is 1. The Morgan fingerprint density at radius 1 is 1.26 bits per heavy atom. The molecule has 3 N–H and O–H groups in total. The van der Waals surface area contributed by atoms with E-state index in [0.717, 1.165) is 12.8 Å². The maximum Gasteiger partial charge on any atom is 0.241 e. The van der Waals surface area contributed by atoms with Gasteiger partial charge in [-0.2, -0.15) is 15.0 Å². The molecule has 19 heavy (non-hydrogen) atoms. The summed E-state index contributed by atoms with van der Waals surface area (Å²) in [5.74, 6) is 1.14. The molecular weight excluding hydrogens is 242 g/mol. The van der Waals surface area contributed by atoms with Crippen molar-refractivity contribution in [2.75, 3.05) is 11.1 Å². The highest BCUT2D eigenvalue weighted by atomic mass is 15.3. The monoisotopic (exact) mass is 261 g/mol. The van der Waals surface area contributed by atoms with Crippen LogP contribution in [0.3, 0.4) is 0 Å². The summed E-state index contributed by atoms with van der Waals surface area (Å²) in [7, 11) is 0. The van der Waals surface area contributed by atoms with E-state index in [2.05, 4.69) is 46.0 Å². The number of nitrogens with two attached hydrogens (primary N) is 1. The van der Waals surface area contributed by atoms with E-state index in [1.54, 1.807) is 23.3 Å². The molecular formula is C12H19N7. The lowest BCUT2D eigenvalue weighted by atomic mass is 9.96. The second-order valence-corrected chi connectivity index (χ2v) is 4.68. The largest absolute Gasteiger partial charge is 0.368 e. The van der Waals surface area contributed by atoms with Crippen LogP contribution in [-0.4, -0.2) is 30.0 Å². The Kier molecular flexibility index (Phi) is 3.64. The summed E-state index contributed by atoms with van der Waals surface area (Å²) in [5.41, 5.74) is 5.68. The molecule has 7 heteroatoms. The Morgan fingerprint density at radius 2 is 2.00 bits per heavy atom. The van der Waals surface area contributed by atoms with Crippen LogP contribution in [-0.2, 0) is 0 Å². The molecule has 0 saturated carbocycles. The molecule has 2 rings (SSSR count).